The molecule has 1 aromatic carbocycles. The zero-order valence-electron chi connectivity index (χ0n) is 14.4. The summed E-state index contributed by atoms with van der Waals surface area (Å²) in [6.07, 6.45) is 1.74. The fourth-order valence-electron chi connectivity index (χ4n) is 3.20. The Morgan fingerprint density at radius 3 is 2.42 bits per heavy atom. The third-order valence-corrected chi connectivity index (χ3v) is 5.91. The Labute approximate surface area is 150 Å². The standard InChI is InChI=1S/C17H19F2N3O3S/c1-10-15(17(23)22-7-3-4-8-22)16(11(2)20-10)26(24,25)21-14-6-5-12(18)9-13(14)19/h5-6,9,20-21H,3-4,7-8H2,1-2H3. The van der Waals surface area contributed by atoms with Crippen LogP contribution in [0, 0.1) is 25.5 Å². The third-order valence-electron chi connectivity index (χ3n) is 4.37. The van der Waals surface area contributed by atoms with Crippen LogP contribution in [0.3, 0.4) is 0 Å². The van der Waals surface area contributed by atoms with Crippen molar-refractivity contribution in [1.29, 1.82) is 0 Å². The SMILES string of the molecule is Cc1[nH]c(C)c(S(=O)(=O)Nc2ccc(F)cc2F)c1C(=O)N1CCCC1. The number of aromatic amines is 1. The minimum absolute atomic E-state index is 0.0550. The largest absolute Gasteiger partial charge is 0.361 e. The Hall–Kier alpha value is -2.42. The van der Waals surface area contributed by atoms with Gasteiger partial charge in [-0.05, 0) is 38.8 Å². The molecule has 0 aliphatic carbocycles. The number of rotatable bonds is 4. The number of benzene rings is 1. The minimum atomic E-state index is -4.25. The van der Waals surface area contributed by atoms with E-state index in [2.05, 4.69) is 9.71 Å². The second-order valence-electron chi connectivity index (χ2n) is 6.31. The molecule has 1 saturated heterocycles. The number of aromatic nitrogens is 1. The molecule has 2 N–H and O–H groups in total. The summed E-state index contributed by atoms with van der Waals surface area (Å²) in [5, 5.41) is 0. The molecule has 1 aliphatic heterocycles. The van der Waals surface area contributed by atoms with Crippen LogP contribution in [0.4, 0.5) is 14.5 Å². The smallest absolute Gasteiger partial charge is 0.264 e. The van der Waals surface area contributed by atoms with Gasteiger partial charge >= 0.3 is 0 Å². The van der Waals surface area contributed by atoms with Gasteiger partial charge in [0.15, 0.2) is 0 Å². The first-order chi connectivity index (χ1) is 12.2. The fraction of sp³-hybridized carbons (Fsp3) is 0.353. The van der Waals surface area contributed by atoms with Crippen LogP contribution >= 0.6 is 0 Å². The number of aryl methyl sites for hydroxylation is 2. The maximum absolute atomic E-state index is 13.9. The number of nitrogens with one attached hydrogen (secondary N) is 2. The maximum Gasteiger partial charge on any atom is 0.264 e. The summed E-state index contributed by atoms with van der Waals surface area (Å²) in [6.45, 7) is 4.29. The first-order valence-corrected chi connectivity index (χ1v) is 9.65. The van der Waals surface area contributed by atoms with Crippen molar-refractivity contribution in [3.05, 3.63) is 46.8 Å². The van der Waals surface area contributed by atoms with E-state index in [9.17, 15) is 22.0 Å². The first kappa shape index (κ1) is 18.4. The highest BCUT2D eigenvalue weighted by Crippen LogP contribution is 2.29. The summed E-state index contributed by atoms with van der Waals surface area (Å²) >= 11 is 0. The van der Waals surface area contributed by atoms with E-state index in [0.29, 0.717) is 24.8 Å². The summed E-state index contributed by atoms with van der Waals surface area (Å²) in [6, 6.07) is 2.54. The van der Waals surface area contributed by atoms with E-state index < -0.39 is 21.7 Å². The number of H-pyrrole nitrogens is 1. The lowest BCUT2D eigenvalue weighted by Crippen LogP contribution is -2.30. The van der Waals surface area contributed by atoms with Crippen molar-refractivity contribution in [2.75, 3.05) is 17.8 Å². The quantitative estimate of drug-likeness (QED) is 0.852. The van der Waals surface area contributed by atoms with E-state index in [1.807, 2.05) is 0 Å². The van der Waals surface area contributed by atoms with Gasteiger partial charge in [0.1, 0.15) is 16.5 Å². The van der Waals surface area contributed by atoms with Crippen LogP contribution in [0.1, 0.15) is 34.6 Å². The van der Waals surface area contributed by atoms with E-state index in [4.69, 9.17) is 0 Å². The van der Waals surface area contributed by atoms with Crippen LogP contribution in [0.5, 0.6) is 0 Å². The number of amides is 1. The molecule has 0 saturated carbocycles. The Balaban J connectivity index is 2.03. The highest BCUT2D eigenvalue weighted by Gasteiger charge is 2.32. The lowest BCUT2D eigenvalue weighted by molar-refractivity contribution is 0.0788. The molecule has 140 valence electrons. The van der Waals surface area contributed by atoms with Crippen LogP contribution in [0.25, 0.3) is 0 Å². The van der Waals surface area contributed by atoms with Crippen LogP contribution in [-0.4, -0.2) is 37.3 Å². The molecule has 26 heavy (non-hydrogen) atoms. The van der Waals surface area contributed by atoms with E-state index in [0.717, 1.165) is 25.0 Å². The predicted octanol–water partition coefficient (Wildman–Crippen LogP) is 2.95. The van der Waals surface area contributed by atoms with Crippen molar-refractivity contribution in [1.82, 2.24) is 9.88 Å². The Morgan fingerprint density at radius 2 is 1.81 bits per heavy atom. The first-order valence-electron chi connectivity index (χ1n) is 8.17. The van der Waals surface area contributed by atoms with Gasteiger partial charge in [-0.1, -0.05) is 0 Å². The number of anilines is 1. The monoisotopic (exact) mass is 383 g/mol. The minimum Gasteiger partial charge on any atom is -0.361 e. The van der Waals surface area contributed by atoms with E-state index >= 15 is 0 Å². The molecule has 1 fully saturated rings. The van der Waals surface area contributed by atoms with Gasteiger partial charge < -0.3 is 9.88 Å². The molecule has 0 atom stereocenters. The summed E-state index contributed by atoms with van der Waals surface area (Å²) < 4.78 is 54.7. The summed E-state index contributed by atoms with van der Waals surface area (Å²) in [5.41, 5.74) is 0.378. The summed E-state index contributed by atoms with van der Waals surface area (Å²) in [7, 11) is -4.25. The van der Waals surface area contributed by atoms with Gasteiger partial charge in [0.2, 0.25) is 0 Å². The predicted molar refractivity (Wildman–Crippen MR) is 92.6 cm³/mol. The lowest BCUT2D eigenvalue weighted by atomic mass is 10.2. The molecule has 1 aliphatic rings. The van der Waals surface area contributed by atoms with Crippen LogP contribution in [-0.2, 0) is 10.0 Å². The normalized spacial score (nSPS) is 14.7. The Bertz CT molecular complexity index is 964. The van der Waals surface area contributed by atoms with Gasteiger partial charge in [0, 0.05) is 30.5 Å². The van der Waals surface area contributed by atoms with Gasteiger partial charge in [0.25, 0.3) is 15.9 Å². The molecule has 1 amide bonds. The number of sulfonamides is 1. The fourth-order valence-corrected chi connectivity index (χ4v) is 4.72. The van der Waals surface area contributed by atoms with Gasteiger partial charge in [-0.2, -0.15) is 0 Å². The zero-order valence-corrected chi connectivity index (χ0v) is 15.2. The van der Waals surface area contributed by atoms with E-state index in [1.54, 1.807) is 11.8 Å². The number of likely N-dealkylation sites (tertiary alicyclic amines) is 1. The third kappa shape index (κ3) is 3.31. The van der Waals surface area contributed by atoms with E-state index in [1.165, 1.54) is 6.92 Å². The highest BCUT2D eigenvalue weighted by atomic mass is 32.2. The number of hydrogen-bond donors (Lipinski definition) is 2. The Kier molecular flexibility index (Phi) is 4.74. The average Bonchev–Trinajstić information content (AvgIpc) is 3.17. The molecule has 0 bridgehead atoms. The molecule has 0 radical (unpaired) electrons. The van der Waals surface area contributed by atoms with Gasteiger partial charge in [-0.25, -0.2) is 17.2 Å². The number of nitrogens with zero attached hydrogens (tertiary/aromatic N) is 1. The van der Waals surface area contributed by atoms with Crippen molar-refractivity contribution < 1.29 is 22.0 Å². The highest BCUT2D eigenvalue weighted by molar-refractivity contribution is 7.92. The molecule has 2 aromatic rings. The molecule has 0 spiro atoms. The molecule has 6 nitrogen and oxygen atoms in total. The second kappa shape index (κ2) is 6.71. The molecular formula is C17H19F2N3O3S. The molecule has 0 unspecified atom stereocenters. The second-order valence-corrected chi connectivity index (χ2v) is 7.93. The van der Waals surface area contributed by atoms with Crippen LogP contribution in [0.15, 0.2) is 23.1 Å². The van der Waals surface area contributed by atoms with Crippen LogP contribution < -0.4 is 4.72 Å². The number of halogens is 2. The number of carbonyl (C=O) groups is 1. The Morgan fingerprint density at radius 1 is 1.15 bits per heavy atom. The van der Waals surface area contributed by atoms with Crippen molar-refractivity contribution in [3.8, 4) is 0 Å². The van der Waals surface area contributed by atoms with Crippen molar-refractivity contribution in [2.24, 2.45) is 0 Å². The summed E-state index contributed by atoms with van der Waals surface area (Å²) in [5.74, 6) is -2.22. The molecule has 1 aromatic heterocycles. The van der Waals surface area contributed by atoms with Gasteiger partial charge in [-0.3, -0.25) is 9.52 Å². The lowest BCUT2D eigenvalue weighted by Gasteiger charge is -2.17. The van der Waals surface area contributed by atoms with Gasteiger partial charge in [0.05, 0.1) is 11.3 Å². The van der Waals surface area contributed by atoms with Crippen LogP contribution in [0.2, 0.25) is 0 Å². The molecule has 3 rings (SSSR count). The van der Waals surface area contributed by atoms with Gasteiger partial charge in [-0.15, -0.1) is 0 Å². The average molecular weight is 383 g/mol. The van der Waals surface area contributed by atoms with Crippen molar-refractivity contribution in [3.63, 3.8) is 0 Å². The summed E-state index contributed by atoms with van der Waals surface area (Å²) in [4.78, 5) is 17.1. The molecular weight excluding hydrogens is 364 g/mol. The molecule has 2 heterocycles. The maximum atomic E-state index is 13.9. The topological polar surface area (TPSA) is 82.3 Å². The molecule has 9 heteroatoms. The number of hydrogen-bond acceptors (Lipinski definition) is 3. The van der Waals surface area contributed by atoms with Crippen molar-refractivity contribution >= 4 is 21.6 Å². The number of carbonyl (C=O) groups excluding carboxylic acids is 1. The van der Waals surface area contributed by atoms with Crippen molar-refractivity contribution in [2.45, 2.75) is 31.6 Å². The zero-order chi connectivity index (χ0) is 19.1. The van der Waals surface area contributed by atoms with E-state index in [-0.39, 0.29) is 27.7 Å².